The molecule has 0 aromatic carbocycles. The quantitative estimate of drug-likeness (QED) is 0.631. The van der Waals surface area contributed by atoms with Gasteiger partial charge in [-0.25, -0.2) is 4.99 Å². The lowest BCUT2D eigenvalue weighted by molar-refractivity contribution is -0.216. The Morgan fingerprint density at radius 3 is 2.90 bits per heavy atom. The van der Waals surface area contributed by atoms with E-state index in [-0.39, 0.29) is 6.04 Å². The number of ether oxygens (including phenoxy) is 3. The molecule has 0 radical (unpaired) electrons. The lowest BCUT2D eigenvalue weighted by atomic mass is 10.0. The lowest BCUT2D eigenvalue weighted by Gasteiger charge is -2.24. The number of aliphatic imine (C=N–C) groups is 1. The Labute approximate surface area is 125 Å². The molecule has 2 saturated heterocycles. The van der Waals surface area contributed by atoms with Gasteiger partial charge in [0.1, 0.15) is 18.3 Å². The second-order valence-electron chi connectivity index (χ2n) is 6.27. The number of rotatable bonds is 4. The average Bonchev–Trinajstić information content (AvgIpc) is 3.06. The van der Waals surface area contributed by atoms with E-state index in [9.17, 15) is 5.11 Å². The molecular weight excluding hydrogens is 274 g/mol. The monoisotopic (exact) mass is 299 g/mol. The number of hydrogen-bond donors (Lipinski definition) is 3. The van der Waals surface area contributed by atoms with Crippen molar-refractivity contribution in [1.29, 1.82) is 0 Å². The SMILES string of the molecule is CCCCNC1=N[C@@H]([C@@H]2O[C@@H]3OC(C)(C)O[C@@H]3[C@H]2O)CN1. The molecule has 0 spiro atoms. The van der Waals surface area contributed by atoms with Crippen molar-refractivity contribution < 1.29 is 19.3 Å². The van der Waals surface area contributed by atoms with Gasteiger partial charge in [-0.15, -0.1) is 0 Å². The lowest BCUT2D eigenvalue weighted by Crippen LogP contribution is -2.42. The van der Waals surface area contributed by atoms with Gasteiger partial charge in [-0.1, -0.05) is 13.3 Å². The molecule has 5 atom stereocenters. The second-order valence-corrected chi connectivity index (χ2v) is 6.27. The Morgan fingerprint density at radius 1 is 1.38 bits per heavy atom. The Bertz CT molecular complexity index is 415. The number of nitrogens with one attached hydrogen (secondary N) is 2. The highest BCUT2D eigenvalue weighted by Gasteiger charge is 2.56. The Kier molecular flexibility index (Phi) is 4.09. The maximum absolute atomic E-state index is 10.4. The topological polar surface area (TPSA) is 84.3 Å². The molecular formula is C14H25N3O4. The molecule has 0 aromatic heterocycles. The highest BCUT2D eigenvalue weighted by molar-refractivity contribution is 5.81. The molecule has 120 valence electrons. The average molecular weight is 299 g/mol. The van der Waals surface area contributed by atoms with Crippen molar-refractivity contribution in [3.63, 3.8) is 0 Å². The van der Waals surface area contributed by atoms with Crippen molar-refractivity contribution in [2.45, 2.75) is 70.0 Å². The molecule has 0 saturated carbocycles. The van der Waals surface area contributed by atoms with Crippen LogP contribution < -0.4 is 10.6 Å². The Hall–Kier alpha value is -0.890. The molecule has 7 heteroatoms. The van der Waals surface area contributed by atoms with Crippen LogP contribution in [0.15, 0.2) is 4.99 Å². The highest BCUT2D eigenvalue weighted by atomic mass is 16.8. The van der Waals surface area contributed by atoms with E-state index in [1.807, 2.05) is 13.8 Å². The van der Waals surface area contributed by atoms with Gasteiger partial charge < -0.3 is 30.0 Å². The summed E-state index contributed by atoms with van der Waals surface area (Å²) in [6.07, 6.45) is 0.192. The van der Waals surface area contributed by atoms with E-state index in [2.05, 4.69) is 22.5 Å². The standard InChI is InChI=1S/C14H25N3O4/c1-4-5-6-15-13-16-7-8(17-13)10-9(18)11-12(19-10)21-14(2,3)20-11/h8-12,18H,4-7H2,1-3H3,(H2,15,16,17)/t8-,9+,10+,11-,12-/m1/s1. The summed E-state index contributed by atoms with van der Waals surface area (Å²) in [4.78, 5) is 4.55. The molecule has 7 nitrogen and oxygen atoms in total. The molecule has 0 bridgehead atoms. The number of aliphatic hydroxyl groups excluding tert-OH is 1. The predicted molar refractivity (Wildman–Crippen MR) is 76.8 cm³/mol. The van der Waals surface area contributed by atoms with Crippen molar-refractivity contribution in [3.8, 4) is 0 Å². The third-order valence-electron chi connectivity index (χ3n) is 4.03. The summed E-state index contributed by atoms with van der Waals surface area (Å²) in [6.45, 7) is 7.34. The van der Waals surface area contributed by atoms with Crippen molar-refractivity contribution in [3.05, 3.63) is 0 Å². The van der Waals surface area contributed by atoms with Crippen LogP contribution in [-0.4, -0.2) is 60.6 Å². The number of guanidine groups is 1. The zero-order valence-electron chi connectivity index (χ0n) is 12.8. The summed E-state index contributed by atoms with van der Waals surface area (Å²) in [5, 5.41) is 16.9. The van der Waals surface area contributed by atoms with Gasteiger partial charge in [0.2, 0.25) is 0 Å². The largest absolute Gasteiger partial charge is 0.387 e. The third-order valence-corrected chi connectivity index (χ3v) is 4.03. The summed E-state index contributed by atoms with van der Waals surface area (Å²) in [6, 6.07) is -0.120. The van der Waals surface area contributed by atoms with Crippen molar-refractivity contribution in [1.82, 2.24) is 10.6 Å². The zero-order valence-corrected chi connectivity index (χ0v) is 12.8. The maximum atomic E-state index is 10.4. The summed E-state index contributed by atoms with van der Waals surface area (Å²) < 4.78 is 17.2. The first kappa shape index (κ1) is 15.0. The van der Waals surface area contributed by atoms with E-state index in [0.717, 1.165) is 25.3 Å². The number of hydrogen-bond acceptors (Lipinski definition) is 7. The van der Waals surface area contributed by atoms with Crippen LogP contribution in [0.2, 0.25) is 0 Å². The maximum Gasteiger partial charge on any atom is 0.191 e. The predicted octanol–water partition coefficient (Wildman–Crippen LogP) is -0.0588. The minimum absolute atomic E-state index is 0.120. The van der Waals surface area contributed by atoms with Crippen LogP contribution in [0.5, 0.6) is 0 Å². The van der Waals surface area contributed by atoms with Gasteiger partial charge in [0.25, 0.3) is 0 Å². The van der Waals surface area contributed by atoms with Gasteiger partial charge in [-0.05, 0) is 20.3 Å². The van der Waals surface area contributed by atoms with Gasteiger partial charge in [0, 0.05) is 13.1 Å². The van der Waals surface area contributed by atoms with Crippen LogP contribution in [0.25, 0.3) is 0 Å². The zero-order chi connectivity index (χ0) is 15.0. The van der Waals surface area contributed by atoms with Crippen molar-refractivity contribution in [2.75, 3.05) is 13.1 Å². The first-order valence-corrected chi connectivity index (χ1v) is 7.75. The van der Waals surface area contributed by atoms with Gasteiger partial charge >= 0.3 is 0 Å². The van der Waals surface area contributed by atoms with Crippen LogP contribution in [0.1, 0.15) is 33.6 Å². The van der Waals surface area contributed by atoms with E-state index >= 15 is 0 Å². The molecule has 0 aromatic rings. The van der Waals surface area contributed by atoms with Gasteiger partial charge in [-0.3, -0.25) is 0 Å². The minimum atomic E-state index is -0.720. The van der Waals surface area contributed by atoms with E-state index in [4.69, 9.17) is 14.2 Å². The molecule has 0 amide bonds. The van der Waals surface area contributed by atoms with Gasteiger partial charge in [0.05, 0.1) is 6.04 Å². The molecule has 3 heterocycles. The van der Waals surface area contributed by atoms with Gasteiger partial charge in [-0.2, -0.15) is 0 Å². The molecule has 3 aliphatic rings. The van der Waals surface area contributed by atoms with Crippen LogP contribution in [-0.2, 0) is 14.2 Å². The van der Waals surface area contributed by atoms with Crippen molar-refractivity contribution >= 4 is 5.96 Å². The summed E-state index contributed by atoms with van der Waals surface area (Å²) in [7, 11) is 0. The summed E-state index contributed by atoms with van der Waals surface area (Å²) in [5.41, 5.74) is 0. The van der Waals surface area contributed by atoms with Crippen LogP contribution in [0.4, 0.5) is 0 Å². The summed E-state index contributed by atoms with van der Waals surface area (Å²) in [5.74, 6) is 0.0780. The number of aliphatic hydroxyl groups is 1. The smallest absolute Gasteiger partial charge is 0.191 e. The Balaban J connectivity index is 1.57. The van der Waals surface area contributed by atoms with Crippen LogP contribution >= 0.6 is 0 Å². The third kappa shape index (κ3) is 3.01. The fraction of sp³-hybridized carbons (Fsp3) is 0.929. The van der Waals surface area contributed by atoms with Gasteiger partial charge in [0.15, 0.2) is 18.0 Å². The van der Waals surface area contributed by atoms with Crippen molar-refractivity contribution in [2.24, 2.45) is 4.99 Å². The normalized spacial score (nSPS) is 40.8. The number of fused-ring (bicyclic) bond motifs is 1. The first-order chi connectivity index (χ1) is 10.00. The fourth-order valence-corrected chi connectivity index (χ4v) is 2.97. The first-order valence-electron chi connectivity index (χ1n) is 7.75. The van der Waals surface area contributed by atoms with E-state index in [1.165, 1.54) is 0 Å². The molecule has 0 aliphatic carbocycles. The second kappa shape index (κ2) is 5.72. The van der Waals surface area contributed by atoms with E-state index in [0.29, 0.717) is 6.54 Å². The highest BCUT2D eigenvalue weighted by Crippen LogP contribution is 2.38. The molecule has 0 unspecified atom stereocenters. The fourth-order valence-electron chi connectivity index (χ4n) is 2.97. The van der Waals surface area contributed by atoms with Crippen LogP contribution in [0.3, 0.4) is 0 Å². The molecule has 3 N–H and O–H groups in total. The van der Waals surface area contributed by atoms with Crippen LogP contribution in [0, 0.1) is 0 Å². The Morgan fingerprint density at radius 2 is 2.19 bits per heavy atom. The minimum Gasteiger partial charge on any atom is -0.387 e. The number of nitrogens with zero attached hydrogens (tertiary/aromatic N) is 1. The summed E-state index contributed by atoms with van der Waals surface area (Å²) >= 11 is 0. The van der Waals surface area contributed by atoms with E-state index in [1.54, 1.807) is 0 Å². The molecule has 21 heavy (non-hydrogen) atoms. The number of unbranched alkanes of at least 4 members (excludes halogenated alkanes) is 1. The van der Waals surface area contributed by atoms with E-state index < -0.39 is 30.4 Å². The molecule has 3 rings (SSSR count). The molecule has 3 aliphatic heterocycles. The molecule has 2 fully saturated rings.